The molecule has 0 radical (unpaired) electrons. The Hall–Kier alpha value is -2.90. The number of amides is 1. The third-order valence-corrected chi connectivity index (χ3v) is 3.79. The topological polar surface area (TPSA) is 68.2 Å². The maximum absolute atomic E-state index is 12.8. The number of hydrogen-bond acceptors (Lipinski definition) is 3. The lowest BCUT2D eigenvalue weighted by Gasteiger charge is -2.17. The van der Waals surface area contributed by atoms with Crippen LogP contribution in [0.25, 0.3) is 0 Å². The third-order valence-electron chi connectivity index (χ3n) is 3.79. The number of carbonyl (C=O) groups excluding carboxylic acids is 2. The van der Waals surface area contributed by atoms with Crippen molar-refractivity contribution in [3.63, 3.8) is 0 Å². The molecule has 2 rings (SSSR count). The molecule has 0 unspecified atom stereocenters. The monoisotopic (exact) mass is 380 g/mol. The van der Waals surface area contributed by atoms with Gasteiger partial charge in [-0.3, -0.25) is 14.4 Å². The van der Waals surface area contributed by atoms with Crippen molar-refractivity contribution in [2.75, 3.05) is 5.32 Å². The number of nitrogens with one attached hydrogen (secondary N) is 1. The van der Waals surface area contributed by atoms with Gasteiger partial charge in [-0.05, 0) is 36.4 Å². The summed E-state index contributed by atoms with van der Waals surface area (Å²) in [5.41, 5.74) is -2.47. The van der Waals surface area contributed by atoms with Crippen LogP contribution in [0.5, 0.6) is 0 Å². The van der Waals surface area contributed by atoms with Crippen LogP contribution >= 0.6 is 0 Å². The van der Waals surface area contributed by atoms with E-state index in [1.807, 2.05) is 0 Å². The molecule has 8 heteroatoms. The minimum atomic E-state index is -4.78. The molecule has 1 amide bonds. The molecule has 2 aromatic rings. The molecule has 0 fully saturated rings. The van der Waals surface area contributed by atoms with Crippen molar-refractivity contribution < 1.29 is 22.8 Å². The standard InChI is InChI=1S/C19H19F3N2O3/c1-18(2,3)17(27)23-13-8-6-12(7-9-13)15(25)11-24-10-4-5-14(16(24)26)19(20,21)22/h4-10H,11H2,1-3H3,(H,23,27). The highest BCUT2D eigenvalue weighted by Gasteiger charge is 2.34. The zero-order chi connectivity index (χ0) is 20.4. The van der Waals surface area contributed by atoms with Crippen LogP contribution in [0.1, 0.15) is 36.7 Å². The molecule has 1 heterocycles. The second-order valence-corrected chi connectivity index (χ2v) is 7.06. The van der Waals surface area contributed by atoms with E-state index in [4.69, 9.17) is 0 Å². The molecule has 0 bridgehead atoms. The number of hydrogen-bond donors (Lipinski definition) is 1. The van der Waals surface area contributed by atoms with Gasteiger partial charge in [-0.25, -0.2) is 0 Å². The molecule has 5 nitrogen and oxygen atoms in total. The van der Waals surface area contributed by atoms with Crippen LogP contribution in [0, 0.1) is 5.41 Å². The number of nitrogens with zero attached hydrogens (tertiary/aromatic N) is 1. The first-order chi connectivity index (χ1) is 12.4. The molecular weight excluding hydrogens is 361 g/mol. The maximum Gasteiger partial charge on any atom is 0.421 e. The fourth-order valence-corrected chi connectivity index (χ4v) is 2.18. The summed E-state index contributed by atoms with van der Waals surface area (Å²) in [5.74, 6) is -0.720. The van der Waals surface area contributed by atoms with Crippen LogP contribution in [-0.4, -0.2) is 16.3 Å². The molecule has 144 valence electrons. The predicted octanol–water partition coefficient (Wildman–Crippen LogP) is 3.73. The average Bonchev–Trinajstić information content (AvgIpc) is 2.55. The molecule has 0 atom stereocenters. The number of alkyl halides is 3. The molecule has 0 aliphatic carbocycles. The van der Waals surface area contributed by atoms with E-state index in [9.17, 15) is 27.6 Å². The molecule has 1 aromatic heterocycles. The highest BCUT2D eigenvalue weighted by molar-refractivity contribution is 5.97. The molecule has 0 aliphatic rings. The summed E-state index contributed by atoms with van der Waals surface area (Å²) < 4.78 is 39.1. The van der Waals surface area contributed by atoms with Crippen LogP contribution in [-0.2, 0) is 17.5 Å². The lowest BCUT2D eigenvalue weighted by Crippen LogP contribution is -2.30. The van der Waals surface area contributed by atoms with Crippen molar-refractivity contribution in [1.29, 1.82) is 0 Å². The van der Waals surface area contributed by atoms with Gasteiger partial charge in [0.2, 0.25) is 5.91 Å². The summed E-state index contributed by atoms with van der Waals surface area (Å²) in [6.45, 7) is 4.75. The first-order valence-corrected chi connectivity index (χ1v) is 8.11. The van der Waals surface area contributed by atoms with Gasteiger partial charge >= 0.3 is 6.18 Å². The van der Waals surface area contributed by atoms with E-state index >= 15 is 0 Å². The SMILES string of the molecule is CC(C)(C)C(=O)Nc1ccc(C(=O)Cn2cccc(C(F)(F)F)c2=O)cc1. The number of pyridine rings is 1. The number of ketones is 1. The zero-order valence-electron chi connectivity index (χ0n) is 15.1. The van der Waals surface area contributed by atoms with Gasteiger partial charge < -0.3 is 9.88 Å². The quantitative estimate of drug-likeness (QED) is 0.822. The van der Waals surface area contributed by atoms with Gasteiger partial charge in [-0.15, -0.1) is 0 Å². The second-order valence-electron chi connectivity index (χ2n) is 7.06. The number of rotatable bonds is 4. The summed E-state index contributed by atoms with van der Waals surface area (Å²) >= 11 is 0. The normalized spacial score (nSPS) is 11.9. The number of Topliss-reactive ketones (excluding diaryl/α,β-unsaturated/α-hetero) is 1. The van der Waals surface area contributed by atoms with E-state index in [0.717, 1.165) is 16.8 Å². The van der Waals surface area contributed by atoms with Crippen molar-refractivity contribution >= 4 is 17.4 Å². The van der Waals surface area contributed by atoms with Gasteiger partial charge in [0.25, 0.3) is 5.56 Å². The number of carbonyl (C=O) groups is 2. The minimum absolute atomic E-state index is 0.197. The van der Waals surface area contributed by atoms with Crippen LogP contribution in [0.15, 0.2) is 47.4 Å². The molecule has 0 saturated heterocycles. The van der Waals surface area contributed by atoms with Crippen molar-refractivity contribution in [3.05, 3.63) is 64.1 Å². The van der Waals surface area contributed by atoms with E-state index in [0.29, 0.717) is 11.8 Å². The Morgan fingerprint density at radius 3 is 2.15 bits per heavy atom. The van der Waals surface area contributed by atoms with Gasteiger partial charge in [0.15, 0.2) is 5.78 Å². The molecule has 1 aromatic carbocycles. The van der Waals surface area contributed by atoms with Gasteiger partial charge in [0.05, 0.1) is 6.54 Å². The van der Waals surface area contributed by atoms with Crippen molar-refractivity contribution in [2.45, 2.75) is 33.5 Å². The molecule has 0 spiro atoms. The minimum Gasteiger partial charge on any atom is -0.326 e. The van der Waals surface area contributed by atoms with Gasteiger partial charge in [0.1, 0.15) is 5.56 Å². The van der Waals surface area contributed by atoms with E-state index < -0.39 is 35.0 Å². The smallest absolute Gasteiger partial charge is 0.326 e. The second kappa shape index (κ2) is 7.38. The van der Waals surface area contributed by atoms with Gasteiger partial charge in [0, 0.05) is 22.9 Å². The van der Waals surface area contributed by atoms with Crippen molar-refractivity contribution in [2.24, 2.45) is 5.41 Å². The Kier molecular flexibility index (Phi) is 5.58. The first kappa shape index (κ1) is 20.4. The molecular formula is C19H19F3N2O3. The molecule has 0 saturated carbocycles. The highest BCUT2D eigenvalue weighted by atomic mass is 19.4. The fourth-order valence-electron chi connectivity index (χ4n) is 2.18. The molecule has 27 heavy (non-hydrogen) atoms. The van der Waals surface area contributed by atoms with Crippen LogP contribution < -0.4 is 10.9 Å². The van der Waals surface area contributed by atoms with Crippen LogP contribution in [0.4, 0.5) is 18.9 Å². The Balaban J connectivity index is 2.16. The third kappa shape index (κ3) is 5.06. The van der Waals surface area contributed by atoms with Crippen molar-refractivity contribution in [1.82, 2.24) is 4.57 Å². The Morgan fingerprint density at radius 1 is 1.04 bits per heavy atom. The Bertz CT molecular complexity index is 908. The summed E-state index contributed by atoms with van der Waals surface area (Å²) in [4.78, 5) is 36.1. The number of anilines is 1. The molecule has 0 aliphatic heterocycles. The largest absolute Gasteiger partial charge is 0.421 e. The zero-order valence-corrected chi connectivity index (χ0v) is 15.1. The van der Waals surface area contributed by atoms with Crippen LogP contribution in [0.3, 0.4) is 0 Å². The maximum atomic E-state index is 12.8. The van der Waals surface area contributed by atoms with Crippen molar-refractivity contribution in [3.8, 4) is 0 Å². The van der Waals surface area contributed by atoms with E-state index in [-0.39, 0.29) is 11.5 Å². The predicted molar refractivity (Wildman–Crippen MR) is 94.6 cm³/mol. The summed E-state index contributed by atoms with van der Waals surface area (Å²) in [7, 11) is 0. The number of benzene rings is 1. The van der Waals surface area contributed by atoms with Gasteiger partial charge in [-0.2, -0.15) is 13.2 Å². The van der Waals surface area contributed by atoms with E-state index in [2.05, 4.69) is 5.32 Å². The Morgan fingerprint density at radius 2 is 1.63 bits per heavy atom. The van der Waals surface area contributed by atoms with E-state index in [1.54, 1.807) is 20.8 Å². The van der Waals surface area contributed by atoms with Crippen LogP contribution in [0.2, 0.25) is 0 Å². The lowest BCUT2D eigenvalue weighted by molar-refractivity contribution is -0.139. The molecule has 1 N–H and O–H groups in total. The average molecular weight is 380 g/mol. The summed E-state index contributed by atoms with van der Waals surface area (Å²) in [6.07, 6.45) is -3.65. The lowest BCUT2D eigenvalue weighted by atomic mass is 9.95. The van der Waals surface area contributed by atoms with E-state index in [1.165, 1.54) is 24.3 Å². The summed E-state index contributed by atoms with van der Waals surface area (Å²) in [6, 6.07) is 7.68. The van der Waals surface area contributed by atoms with Gasteiger partial charge in [-0.1, -0.05) is 20.8 Å². The number of halogens is 3. The summed E-state index contributed by atoms with van der Waals surface area (Å²) in [5, 5.41) is 2.70. The number of aromatic nitrogens is 1. The fraction of sp³-hybridized carbons (Fsp3) is 0.316. The first-order valence-electron chi connectivity index (χ1n) is 8.11. The Labute approximate surface area is 153 Å². The highest BCUT2D eigenvalue weighted by Crippen LogP contribution is 2.26.